The van der Waals surface area contributed by atoms with Crippen LogP contribution in [0.1, 0.15) is 26.7 Å². The Balaban J connectivity index is 1.39. The van der Waals surface area contributed by atoms with E-state index in [1.165, 1.54) is 21.9 Å². The number of benzene rings is 1. The van der Waals surface area contributed by atoms with Crippen LogP contribution < -0.4 is 0 Å². The molecular weight excluding hydrogens is 593 g/mol. The number of hydrogen-bond donors (Lipinski definition) is 0. The Labute approximate surface area is 252 Å². The molecule has 1 aromatic rings. The van der Waals surface area contributed by atoms with Gasteiger partial charge in [-0.25, -0.2) is 9.59 Å². The van der Waals surface area contributed by atoms with E-state index in [2.05, 4.69) is 62.1 Å². The van der Waals surface area contributed by atoms with Gasteiger partial charge in [0.25, 0.3) is 0 Å². The maximum Gasteiger partial charge on any atom is 0.330 e. The number of ether oxygens (including phenoxy) is 2. The Morgan fingerprint density at radius 3 is 1.55 bits per heavy atom. The Bertz CT molecular complexity index is 942. The van der Waals surface area contributed by atoms with Gasteiger partial charge in [-0.3, -0.25) is 0 Å². The maximum absolute atomic E-state index is 11.3. The van der Waals surface area contributed by atoms with Gasteiger partial charge in [-0.15, -0.1) is 70.6 Å². The first-order chi connectivity index (χ1) is 18.4. The van der Waals surface area contributed by atoms with Crippen molar-refractivity contribution in [3.8, 4) is 0 Å². The zero-order valence-electron chi connectivity index (χ0n) is 21.7. The first-order valence-corrected chi connectivity index (χ1v) is 18.0. The normalized spacial score (nSPS) is 20.3. The summed E-state index contributed by atoms with van der Waals surface area (Å²) >= 11 is 11.2. The molecule has 2 aliphatic rings. The molecule has 3 rings (SSSR count). The Kier molecular flexibility index (Phi) is 14.3. The van der Waals surface area contributed by atoms with Crippen molar-refractivity contribution in [2.45, 2.75) is 45.6 Å². The third-order valence-corrected chi connectivity index (χ3v) is 14.2. The highest BCUT2D eigenvalue weighted by atomic mass is 32.2. The number of hydrogen-bond acceptors (Lipinski definition) is 10. The second-order valence-electron chi connectivity index (χ2n) is 8.47. The zero-order chi connectivity index (χ0) is 27.3. The first kappa shape index (κ1) is 31.7. The minimum absolute atomic E-state index is 0.335. The van der Waals surface area contributed by atoms with E-state index in [0.717, 1.165) is 34.2 Å². The summed E-state index contributed by atoms with van der Waals surface area (Å²) in [5.74, 6) is 2.51. The van der Waals surface area contributed by atoms with E-state index in [9.17, 15) is 9.59 Å². The quantitative estimate of drug-likeness (QED) is 0.101. The molecule has 2 aliphatic heterocycles. The van der Waals surface area contributed by atoms with Crippen LogP contribution in [0, 0.1) is 11.8 Å². The second-order valence-corrected chi connectivity index (χ2v) is 15.8. The zero-order valence-corrected chi connectivity index (χ0v) is 26.6. The van der Waals surface area contributed by atoms with Crippen LogP contribution in [-0.2, 0) is 19.1 Å². The van der Waals surface area contributed by atoms with Crippen LogP contribution in [0.25, 0.3) is 0 Å². The molecule has 0 saturated heterocycles. The van der Waals surface area contributed by atoms with Crippen LogP contribution in [0.5, 0.6) is 0 Å². The molecule has 0 radical (unpaired) electrons. The van der Waals surface area contributed by atoms with Crippen molar-refractivity contribution in [3.05, 3.63) is 70.2 Å². The van der Waals surface area contributed by atoms with Crippen LogP contribution >= 0.6 is 70.6 Å². The van der Waals surface area contributed by atoms with E-state index >= 15 is 0 Å². The summed E-state index contributed by atoms with van der Waals surface area (Å²) < 4.78 is 11.3. The van der Waals surface area contributed by atoms with Crippen LogP contribution in [0.4, 0.5) is 0 Å². The predicted octanol–water partition coefficient (Wildman–Crippen LogP) is 8.68. The summed E-state index contributed by atoms with van der Waals surface area (Å²) in [4.78, 5) is 27.5. The summed E-state index contributed by atoms with van der Waals surface area (Å²) in [7, 11) is 0. The van der Waals surface area contributed by atoms with Gasteiger partial charge in [-0.05, 0) is 46.9 Å². The molecule has 0 N–H and O–H groups in total. The van der Waals surface area contributed by atoms with Crippen LogP contribution in [0.2, 0.25) is 0 Å². The molecule has 0 aromatic heterocycles. The van der Waals surface area contributed by atoms with Gasteiger partial charge < -0.3 is 9.47 Å². The first-order valence-electron chi connectivity index (χ1n) is 12.4. The lowest BCUT2D eigenvalue weighted by Crippen LogP contribution is -2.14. The van der Waals surface area contributed by atoms with Crippen LogP contribution in [-0.4, -0.2) is 45.8 Å². The summed E-state index contributed by atoms with van der Waals surface area (Å²) in [6.45, 7) is 12.1. The number of carbonyl (C=O) groups excluding carboxylic acids is 2. The molecule has 0 fully saturated rings. The fourth-order valence-electron chi connectivity index (χ4n) is 3.46. The Morgan fingerprint density at radius 2 is 1.21 bits per heavy atom. The van der Waals surface area contributed by atoms with Crippen molar-refractivity contribution in [2.24, 2.45) is 11.8 Å². The summed E-state index contributed by atoms with van der Waals surface area (Å²) in [6.07, 6.45) is 4.64. The number of rotatable bonds is 16. The molecule has 4 atom stereocenters. The SMILES string of the molecule is C=CC(=O)OCC1=CSC(C(CC)CSc2ccc(SCC(CC)C3SC=C(COC(=O)C=C)S3)cc2)S1. The third kappa shape index (κ3) is 10.3. The largest absolute Gasteiger partial charge is 0.457 e. The average molecular weight is 627 g/mol. The molecule has 1 aromatic carbocycles. The van der Waals surface area contributed by atoms with Crippen LogP contribution in [0.3, 0.4) is 0 Å². The average Bonchev–Trinajstić information content (AvgIpc) is 3.62. The fourth-order valence-corrected chi connectivity index (χ4v) is 12.1. The predicted molar refractivity (Wildman–Crippen MR) is 172 cm³/mol. The smallest absolute Gasteiger partial charge is 0.330 e. The van der Waals surface area contributed by atoms with E-state index in [0.29, 0.717) is 34.2 Å². The van der Waals surface area contributed by atoms with Gasteiger partial charge in [-0.2, -0.15) is 0 Å². The monoisotopic (exact) mass is 626 g/mol. The van der Waals surface area contributed by atoms with Crippen molar-refractivity contribution in [2.75, 3.05) is 24.7 Å². The molecule has 0 bridgehead atoms. The second kappa shape index (κ2) is 17.1. The van der Waals surface area contributed by atoms with Crippen LogP contribution in [0.15, 0.2) is 80.0 Å². The Hall–Kier alpha value is -0.780. The molecule has 0 spiro atoms. The van der Waals surface area contributed by atoms with E-state index in [1.54, 1.807) is 0 Å². The number of carbonyl (C=O) groups is 2. The summed E-state index contributed by atoms with van der Waals surface area (Å²) in [5.41, 5.74) is 0. The minimum Gasteiger partial charge on any atom is -0.457 e. The van der Waals surface area contributed by atoms with Crippen molar-refractivity contribution in [1.82, 2.24) is 0 Å². The lowest BCUT2D eigenvalue weighted by Gasteiger charge is -2.21. The van der Waals surface area contributed by atoms with Gasteiger partial charge >= 0.3 is 11.9 Å². The van der Waals surface area contributed by atoms with Crippen molar-refractivity contribution in [3.63, 3.8) is 0 Å². The topological polar surface area (TPSA) is 52.6 Å². The summed E-state index contributed by atoms with van der Waals surface area (Å²) in [6, 6.07) is 8.95. The molecule has 10 heteroatoms. The highest BCUT2D eigenvalue weighted by Crippen LogP contribution is 2.47. The minimum atomic E-state index is -0.374. The van der Waals surface area contributed by atoms with Gasteiger partial charge in [-0.1, -0.05) is 39.8 Å². The highest BCUT2D eigenvalue weighted by Gasteiger charge is 2.28. The lowest BCUT2D eigenvalue weighted by molar-refractivity contribution is -0.137. The lowest BCUT2D eigenvalue weighted by atomic mass is 10.1. The molecule has 4 unspecified atom stereocenters. The molecule has 206 valence electrons. The van der Waals surface area contributed by atoms with E-state index in [4.69, 9.17) is 9.47 Å². The van der Waals surface area contributed by atoms with Crippen molar-refractivity contribution < 1.29 is 19.1 Å². The molecule has 38 heavy (non-hydrogen) atoms. The van der Waals surface area contributed by atoms with Gasteiger partial charge in [0.05, 0.1) is 9.16 Å². The van der Waals surface area contributed by atoms with Gasteiger partial charge in [0.2, 0.25) is 0 Å². The van der Waals surface area contributed by atoms with Crippen molar-refractivity contribution in [1.29, 1.82) is 0 Å². The fraction of sp³-hybridized carbons (Fsp3) is 0.429. The van der Waals surface area contributed by atoms with Gasteiger partial charge in [0, 0.05) is 43.3 Å². The molecule has 0 aliphatic carbocycles. The molecule has 4 nitrogen and oxygen atoms in total. The number of esters is 2. The molecule has 0 amide bonds. The standard InChI is InChI=1S/C28H34O4S6/c1-5-19(27-35-17-23(37-27)13-31-25(29)7-3)15-33-21-9-11-22(12-10-21)34-16-20(6-2)28-36-18-24(38-28)14-32-26(30)8-4/h7-12,17-20,27-28H,3-6,13-16H2,1-2H3. The molecule has 0 saturated carbocycles. The highest BCUT2D eigenvalue weighted by molar-refractivity contribution is 8.23. The van der Waals surface area contributed by atoms with E-state index < -0.39 is 0 Å². The number of thioether (sulfide) groups is 6. The third-order valence-electron chi connectivity index (χ3n) is 5.82. The van der Waals surface area contributed by atoms with E-state index in [-0.39, 0.29) is 11.9 Å². The maximum atomic E-state index is 11.3. The van der Waals surface area contributed by atoms with Gasteiger partial charge in [0.15, 0.2) is 0 Å². The molecule has 2 heterocycles. The Morgan fingerprint density at radius 1 is 0.816 bits per heavy atom. The van der Waals surface area contributed by atoms with Crippen molar-refractivity contribution >= 4 is 82.5 Å². The summed E-state index contributed by atoms with van der Waals surface area (Å²) in [5, 5.41) is 4.26. The van der Waals surface area contributed by atoms with E-state index in [1.807, 2.05) is 70.6 Å². The molecular formula is C28H34O4S6. The van der Waals surface area contributed by atoms with Gasteiger partial charge in [0.1, 0.15) is 13.2 Å².